The highest BCUT2D eigenvalue weighted by Gasteiger charge is 2.38. The molecule has 6 nitrogen and oxygen atoms in total. The maximum absolute atomic E-state index is 12.1. The van der Waals surface area contributed by atoms with E-state index in [1.807, 2.05) is 0 Å². The minimum Gasteiger partial charge on any atom is -0.444 e. The molecule has 0 bridgehead atoms. The minimum absolute atomic E-state index is 0.252. The molecule has 2 amide bonds. The molecule has 0 radical (unpaired) electrons. The van der Waals surface area contributed by atoms with Gasteiger partial charge in [0, 0.05) is 21.2 Å². The Bertz CT molecular complexity index is 332. The second-order valence-corrected chi connectivity index (χ2v) is 6.12. The molecule has 0 aromatic carbocycles. The SMILES string of the molecule is COC(C)(C)[C@H](NC(=O)OC(C)(C)C)C(=O)N(C)C. The summed E-state index contributed by atoms with van der Waals surface area (Å²) in [6, 6.07) is -0.817. The van der Waals surface area contributed by atoms with Crippen LogP contribution < -0.4 is 5.32 Å². The first-order valence-corrected chi connectivity index (χ1v) is 6.16. The first kappa shape index (κ1) is 17.7. The molecular weight excluding hydrogens is 248 g/mol. The van der Waals surface area contributed by atoms with Gasteiger partial charge in [0.05, 0.1) is 5.60 Å². The summed E-state index contributed by atoms with van der Waals surface area (Å²) in [5.74, 6) is -0.252. The monoisotopic (exact) mass is 274 g/mol. The molecule has 0 spiro atoms. The third-order valence-electron chi connectivity index (χ3n) is 2.57. The summed E-state index contributed by atoms with van der Waals surface area (Å²) in [4.78, 5) is 25.3. The fraction of sp³-hybridized carbons (Fsp3) is 0.846. The van der Waals surface area contributed by atoms with E-state index in [4.69, 9.17) is 9.47 Å². The van der Waals surface area contributed by atoms with Gasteiger partial charge in [-0.1, -0.05) is 0 Å². The lowest BCUT2D eigenvalue weighted by molar-refractivity contribution is -0.138. The van der Waals surface area contributed by atoms with Crippen LogP contribution in [-0.4, -0.2) is 55.3 Å². The zero-order valence-corrected chi connectivity index (χ0v) is 13.2. The number of ether oxygens (including phenoxy) is 2. The molecule has 0 heterocycles. The number of rotatable bonds is 4. The molecular formula is C13H26N2O4. The van der Waals surface area contributed by atoms with Gasteiger partial charge in [-0.2, -0.15) is 0 Å². The highest BCUT2D eigenvalue weighted by atomic mass is 16.6. The second-order valence-electron chi connectivity index (χ2n) is 6.12. The van der Waals surface area contributed by atoms with E-state index in [0.717, 1.165) is 0 Å². The Morgan fingerprint density at radius 1 is 1.11 bits per heavy atom. The van der Waals surface area contributed by atoms with Crippen molar-refractivity contribution in [3.8, 4) is 0 Å². The fourth-order valence-corrected chi connectivity index (χ4v) is 1.33. The molecule has 0 rings (SSSR count). The van der Waals surface area contributed by atoms with Crippen molar-refractivity contribution in [2.24, 2.45) is 0 Å². The number of carbonyl (C=O) groups is 2. The van der Waals surface area contributed by atoms with Crippen molar-refractivity contribution in [1.82, 2.24) is 10.2 Å². The van der Waals surface area contributed by atoms with Crippen LogP contribution in [0.2, 0.25) is 0 Å². The standard InChI is InChI=1S/C13H26N2O4/c1-12(2,3)19-11(17)14-9(10(16)15(6)7)13(4,5)18-8/h9H,1-8H3,(H,14,17)/t9-/m1/s1. The van der Waals surface area contributed by atoms with Gasteiger partial charge in [0.15, 0.2) is 0 Å². The van der Waals surface area contributed by atoms with Crippen LogP contribution in [-0.2, 0) is 14.3 Å². The van der Waals surface area contributed by atoms with Gasteiger partial charge >= 0.3 is 6.09 Å². The summed E-state index contributed by atoms with van der Waals surface area (Å²) >= 11 is 0. The summed E-state index contributed by atoms with van der Waals surface area (Å²) in [6.07, 6.45) is -0.641. The quantitative estimate of drug-likeness (QED) is 0.841. The first-order valence-electron chi connectivity index (χ1n) is 6.16. The Kier molecular flexibility index (Phi) is 5.81. The molecule has 19 heavy (non-hydrogen) atoms. The topological polar surface area (TPSA) is 67.9 Å². The van der Waals surface area contributed by atoms with Crippen LogP contribution in [0.4, 0.5) is 4.79 Å². The number of hydrogen-bond donors (Lipinski definition) is 1. The fourth-order valence-electron chi connectivity index (χ4n) is 1.33. The largest absolute Gasteiger partial charge is 0.444 e. The summed E-state index contributed by atoms with van der Waals surface area (Å²) in [6.45, 7) is 8.75. The van der Waals surface area contributed by atoms with Crippen molar-refractivity contribution in [2.45, 2.75) is 51.9 Å². The predicted molar refractivity (Wildman–Crippen MR) is 72.9 cm³/mol. The van der Waals surface area contributed by atoms with E-state index < -0.39 is 23.3 Å². The van der Waals surface area contributed by atoms with Gasteiger partial charge in [-0.25, -0.2) is 4.79 Å². The van der Waals surface area contributed by atoms with E-state index in [9.17, 15) is 9.59 Å². The highest BCUT2D eigenvalue weighted by Crippen LogP contribution is 2.16. The zero-order chi connectivity index (χ0) is 15.4. The molecule has 1 N–H and O–H groups in total. The minimum atomic E-state index is -0.835. The number of alkyl carbamates (subject to hydrolysis) is 1. The number of hydrogen-bond acceptors (Lipinski definition) is 4. The van der Waals surface area contributed by atoms with E-state index in [1.165, 1.54) is 12.0 Å². The molecule has 0 unspecified atom stereocenters. The molecule has 0 saturated heterocycles. The third-order valence-corrected chi connectivity index (χ3v) is 2.57. The zero-order valence-electron chi connectivity index (χ0n) is 13.2. The van der Waals surface area contributed by atoms with Crippen LogP contribution in [0.15, 0.2) is 0 Å². The van der Waals surface area contributed by atoms with Gasteiger partial charge in [0.2, 0.25) is 5.91 Å². The van der Waals surface area contributed by atoms with Crippen LogP contribution in [0.5, 0.6) is 0 Å². The van der Waals surface area contributed by atoms with Crippen LogP contribution >= 0.6 is 0 Å². The number of methoxy groups -OCH3 is 1. The Balaban J connectivity index is 4.99. The molecule has 6 heteroatoms. The van der Waals surface area contributed by atoms with E-state index in [1.54, 1.807) is 48.7 Å². The Hall–Kier alpha value is -1.30. The molecule has 0 aliphatic carbocycles. The molecule has 0 aromatic rings. The molecule has 1 atom stereocenters. The van der Waals surface area contributed by atoms with Crippen molar-refractivity contribution in [2.75, 3.05) is 21.2 Å². The molecule has 112 valence electrons. The summed E-state index contributed by atoms with van der Waals surface area (Å²) in [7, 11) is 4.74. The number of nitrogens with one attached hydrogen (secondary N) is 1. The van der Waals surface area contributed by atoms with Crippen LogP contribution in [0.25, 0.3) is 0 Å². The van der Waals surface area contributed by atoms with E-state index in [0.29, 0.717) is 0 Å². The van der Waals surface area contributed by atoms with Crippen LogP contribution in [0, 0.1) is 0 Å². The maximum atomic E-state index is 12.1. The van der Waals surface area contributed by atoms with Crippen LogP contribution in [0.3, 0.4) is 0 Å². The molecule has 0 aliphatic heterocycles. The molecule has 0 aromatic heterocycles. The van der Waals surface area contributed by atoms with Gasteiger partial charge in [-0.15, -0.1) is 0 Å². The van der Waals surface area contributed by atoms with E-state index in [-0.39, 0.29) is 5.91 Å². The number of carbonyl (C=O) groups excluding carboxylic acids is 2. The molecule has 0 saturated carbocycles. The Morgan fingerprint density at radius 2 is 1.58 bits per heavy atom. The third kappa shape index (κ3) is 5.92. The van der Waals surface area contributed by atoms with Gasteiger partial charge < -0.3 is 19.7 Å². The van der Waals surface area contributed by atoms with Crippen molar-refractivity contribution < 1.29 is 19.1 Å². The average molecular weight is 274 g/mol. The van der Waals surface area contributed by atoms with Gasteiger partial charge in [-0.3, -0.25) is 4.79 Å². The summed E-state index contributed by atoms with van der Waals surface area (Å²) in [5.41, 5.74) is -1.45. The molecule has 0 aliphatic rings. The van der Waals surface area contributed by atoms with Gasteiger partial charge in [0.1, 0.15) is 11.6 Å². The highest BCUT2D eigenvalue weighted by molar-refractivity contribution is 5.86. The van der Waals surface area contributed by atoms with Crippen molar-refractivity contribution in [3.63, 3.8) is 0 Å². The summed E-state index contributed by atoms with van der Waals surface area (Å²) < 4.78 is 10.4. The lowest BCUT2D eigenvalue weighted by atomic mass is 9.97. The molecule has 0 fully saturated rings. The number of amides is 2. The van der Waals surface area contributed by atoms with Crippen molar-refractivity contribution in [1.29, 1.82) is 0 Å². The van der Waals surface area contributed by atoms with Gasteiger partial charge in [0.25, 0.3) is 0 Å². The maximum Gasteiger partial charge on any atom is 0.408 e. The van der Waals surface area contributed by atoms with Gasteiger partial charge in [-0.05, 0) is 34.6 Å². The van der Waals surface area contributed by atoms with E-state index in [2.05, 4.69) is 5.32 Å². The smallest absolute Gasteiger partial charge is 0.408 e. The van der Waals surface area contributed by atoms with Crippen molar-refractivity contribution >= 4 is 12.0 Å². The lowest BCUT2D eigenvalue weighted by Crippen LogP contribution is -2.58. The number of likely N-dealkylation sites (N-methyl/N-ethyl adjacent to an activating group) is 1. The van der Waals surface area contributed by atoms with E-state index >= 15 is 0 Å². The lowest BCUT2D eigenvalue weighted by Gasteiger charge is -2.34. The predicted octanol–water partition coefficient (Wildman–Crippen LogP) is 1.39. The normalized spacial score (nSPS) is 13.7. The van der Waals surface area contributed by atoms with Crippen molar-refractivity contribution in [3.05, 3.63) is 0 Å². The Morgan fingerprint density at radius 3 is 1.89 bits per heavy atom. The van der Waals surface area contributed by atoms with Crippen LogP contribution in [0.1, 0.15) is 34.6 Å². The Labute approximate surface area is 115 Å². The summed E-state index contributed by atoms with van der Waals surface area (Å²) in [5, 5.41) is 2.57. The number of nitrogens with zero attached hydrogens (tertiary/aromatic N) is 1. The first-order chi connectivity index (χ1) is 8.40. The average Bonchev–Trinajstić information content (AvgIpc) is 2.22. The second kappa shape index (κ2) is 6.23.